The van der Waals surface area contributed by atoms with Crippen LogP contribution in [-0.2, 0) is 14.3 Å². The molecule has 0 heterocycles. The van der Waals surface area contributed by atoms with E-state index in [0.717, 1.165) is 0 Å². The number of carbonyl (C=O) groups excluding carboxylic acids is 3. The molecule has 0 saturated carbocycles. The number of hydrogen-bond acceptors (Lipinski definition) is 6. The van der Waals surface area contributed by atoms with E-state index in [2.05, 4.69) is 16.2 Å². The van der Waals surface area contributed by atoms with E-state index in [1.165, 1.54) is 18.2 Å². The smallest absolute Gasteiger partial charge is 0.338 e. The molecule has 8 nitrogen and oxygen atoms in total. The van der Waals surface area contributed by atoms with Crippen molar-refractivity contribution in [3.05, 3.63) is 70.8 Å². The fourth-order valence-corrected chi connectivity index (χ4v) is 2.52. The topological polar surface area (TPSA) is 106 Å². The number of hydrogen-bond donors (Lipinski definition) is 3. The van der Waals surface area contributed by atoms with Gasteiger partial charge in [0.25, 0.3) is 5.91 Å². The van der Waals surface area contributed by atoms with E-state index in [1.807, 2.05) is 0 Å². The largest absolute Gasteiger partial charge is 0.484 e. The van der Waals surface area contributed by atoms with Crippen LogP contribution in [0.25, 0.3) is 6.08 Å². The van der Waals surface area contributed by atoms with Crippen LogP contribution in [0.2, 0.25) is 5.02 Å². The number of esters is 1. The van der Waals surface area contributed by atoms with E-state index >= 15 is 0 Å². The first-order valence-corrected chi connectivity index (χ1v) is 9.90. The Morgan fingerprint density at radius 1 is 1.06 bits per heavy atom. The third kappa shape index (κ3) is 8.45. The van der Waals surface area contributed by atoms with Crippen LogP contribution in [0.3, 0.4) is 0 Å². The zero-order chi connectivity index (χ0) is 22.6. The fourth-order valence-electron chi connectivity index (χ4n) is 2.17. The van der Waals surface area contributed by atoms with Gasteiger partial charge in [0, 0.05) is 11.1 Å². The third-order valence-electron chi connectivity index (χ3n) is 3.61. The van der Waals surface area contributed by atoms with E-state index in [1.54, 1.807) is 49.4 Å². The summed E-state index contributed by atoms with van der Waals surface area (Å²) in [7, 11) is 0. The molecule has 2 rings (SSSR count). The molecular formula is C21H20ClN3O5S. The van der Waals surface area contributed by atoms with Gasteiger partial charge in [-0.3, -0.25) is 25.8 Å². The molecule has 31 heavy (non-hydrogen) atoms. The molecule has 0 unspecified atom stereocenters. The van der Waals surface area contributed by atoms with Crippen LogP contribution in [0.5, 0.6) is 5.75 Å². The number of halogens is 1. The van der Waals surface area contributed by atoms with Crippen molar-refractivity contribution < 1.29 is 23.9 Å². The molecule has 10 heteroatoms. The van der Waals surface area contributed by atoms with Crippen LogP contribution >= 0.6 is 23.8 Å². The average Bonchev–Trinajstić information content (AvgIpc) is 2.76. The van der Waals surface area contributed by atoms with Gasteiger partial charge in [0.1, 0.15) is 5.75 Å². The highest BCUT2D eigenvalue weighted by atomic mass is 35.5. The number of ether oxygens (including phenoxy) is 2. The van der Waals surface area contributed by atoms with Crippen molar-refractivity contribution in [2.75, 3.05) is 13.2 Å². The lowest BCUT2D eigenvalue weighted by Gasteiger charge is -2.11. The molecule has 0 aliphatic heterocycles. The first-order chi connectivity index (χ1) is 14.9. The van der Waals surface area contributed by atoms with Gasteiger partial charge < -0.3 is 9.47 Å². The van der Waals surface area contributed by atoms with Gasteiger partial charge in [0.05, 0.1) is 12.2 Å². The highest BCUT2D eigenvalue weighted by Gasteiger charge is 2.08. The Balaban J connectivity index is 1.70. The van der Waals surface area contributed by atoms with E-state index in [0.29, 0.717) is 21.9 Å². The van der Waals surface area contributed by atoms with E-state index in [-0.39, 0.29) is 18.3 Å². The molecule has 0 aliphatic rings. The van der Waals surface area contributed by atoms with Crippen molar-refractivity contribution in [1.29, 1.82) is 0 Å². The molecule has 0 aliphatic carbocycles. The van der Waals surface area contributed by atoms with Crippen LogP contribution in [0.15, 0.2) is 54.6 Å². The summed E-state index contributed by atoms with van der Waals surface area (Å²) in [6.07, 6.45) is 2.81. The molecule has 0 fully saturated rings. The van der Waals surface area contributed by atoms with Crippen molar-refractivity contribution in [2.24, 2.45) is 0 Å². The van der Waals surface area contributed by atoms with Gasteiger partial charge in [-0.15, -0.1) is 0 Å². The Hall–Kier alpha value is -3.43. The van der Waals surface area contributed by atoms with Crippen molar-refractivity contribution in [2.45, 2.75) is 6.92 Å². The summed E-state index contributed by atoms with van der Waals surface area (Å²) in [5.41, 5.74) is 5.75. The lowest BCUT2D eigenvalue weighted by atomic mass is 10.2. The van der Waals surface area contributed by atoms with Crippen molar-refractivity contribution in [3.8, 4) is 5.75 Å². The standard InChI is InChI=1S/C21H20ClN3O5S/c1-2-29-20(28)15-7-10-16(11-8-15)30-13-19(27)24-25-21(31)23-18(26)12-9-14-5-3-4-6-17(14)22/h3-12H,2,13H2,1H3,(H,24,27)(H2,23,25,26,31)/b12-9+. The number of thiocarbonyl (C=S) groups is 1. The van der Waals surface area contributed by atoms with Crippen LogP contribution < -0.4 is 20.9 Å². The molecule has 0 aromatic heterocycles. The second kappa shape index (κ2) is 12.3. The maximum absolute atomic E-state index is 11.9. The zero-order valence-corrected chi connectivity index (χ0v) is 18.1. The number of carbonyl (C=O) groups is 3. The molecule has 162 valence electrons. The van der Waals surface area contributed by atoms with Crippen LogP contribution in [-0.4, -0.2) is 36.1 Å². The predicted octanol–water partition coefficient (Wildman–Crippen LogP) is 2.63. The summed E-state index contributed by atoms with van der Waals surface area (Å²) in [5, 5.41) is 2.79. The Morgan fingerprint density at radius 3 is 2.45 bits per heavy atom. The normalized spacial score (nSPS) is 10.3. The van der Waals surface area contributed by atoms with Gasteiger partial charge in [0.15, 0.2) is 11.7 Å². The summed E-state index contributed by atoms with van der Waals surface area (Å²) in [5.74, 6) is -1.07. The lowest BCUT2D eigenvalue weighted by Crippen LogP contribution is -2.49. The number of hydrazine groups is 1. The molecule has 3 N–H and O–H groups in total. The van der Waals surface area contributed by atoms with Crippen LogP contribution in [0, 0.1) is 0 Å². The van der Waals surface area contributed by atoms with E-state index < -0.39 is 17.8 Å². The van der Waals surface area contributed by atoms with Crippen LogP contribution in [0.1, 0.15) is 22.8 Å². The average molecular weight is 462 g/mol. The van der Waals surface area contributed by atoms with Gasteiger partial charge in [0.2, 0.25) is 5.91 Å². The summed E-state index contributed by atoms with van der Waals surface area (Å²) in [6, 6.07) is 13.2. The second-order valence-corrected chi connectivity index (χ2v) is 6.70. The number of rotatable bonds is 7. The zero-order valence-electron chi connectivity index (χ0n) is 16.5. The minimum absolute atomic E-state index is 0.0963. The Kier molecular flexibility index (Phi) is 9.47. The molecule has 2 aromatic rings. The molecule has 2 amide bonds. The Bertz CT molecular complexity index is 979. The molecule has 0 atom stereocenters. The minimum atomic E-state index is -0.530. The Morgan fingerprint density at radius 2 is 1.77 bits per heavy atom. The first kappa shape index (κ1) is 23.8. The Labute approximate surface area is 189 Å². The number of nitrogens with one attached hydrogen (secondary N) is 3. The third-order valence-corrected chi connectivity index (χ3v) is 4.16. The molecule has 0 spiro atoms. The molecular weight excluding hydrogens is 442 g/mol. The summed E-state index contributed by atoms with van der Waals surface area (Å²) in [6.45, 7) is 1.69. The van der Waals surface area contributed by atoms with Gasteiger partial charge in [-0.05, 0) is 61.1 Å². The number of benzene rings is 2. The van der Waals surface area contributed by atoms with Gasteiger partial charge in [-0.2, -0.15) is 0 Å². The number of amides is 2. The van der Waals surface area contributed by atoms with Gasteiger partial charge in [-0.25, -0.2) is 4.79 Å². The monoisotopic (exact) mass is 461 g/mol. The van der Waals surface area contributed by atoms with Gasteiger partial charge in [-0.1, -0.05) is 29.8 Å². The minimum Gasteiger partial charge on any atom is -0.484 e. The molecule has 0 radical (unpaired) electrons. The highest BCUT2D eigenvalue weighted by Crippen LogP contribution is 2.16. The summed E-state index contributed by atoms with van der Waals surface area (Å²) >= 11 is 10.9. The van der Waals surface area contributed by atoms with E-state index in [4.69, 9.17) is 33.3 Å². The first-order valence-electron chi connectivity index (χ1n) is 9.11. The van der Waals surface area contributed by atoms with E-state index in [9.17, 15) is 14.4 Å². The molecule has 0 saturated heterocycles. The predicted molar refractivity (Wildman–Crippen MR) is 120 cm³/mol. The lowest BCUT2D eigenvalue weighted by molar-refractivity contribution is -0.123. The second-order valence-electron chi connectivity index (χ2n) is 5.88. The maximum atomic E-state index is 11.9. The quantitative estimate of drug-likeness (QED) is 0.252. The van der Waals surface area contributed by atoms with Crippen molar-refractivity contribution in [1.82, 2.24) is 16.2 Å². The molecule has 2 aromatic carbocycles. The fraction of sp³-hybridized carbons (Fsp3) is 0.143. The van der Waals surface area contributed by atoms with Gasteiger partial charge >= 0.3 is 5.97 Å². The van der Waals surface area contributed by atoms with Crippen LogP contribution in [0.4, 0.5) is 0 Å². The van der Waals surface area contributed by atoms with Crippen molar-refractivity contribution in [3.63, 3.8) is 0 Å². The maximum Gasteiger partial charge on any atom is 0.338 e. The highest BCUT2D eigenvalue weighted by molar-refractivity contribution is 7.80. The SMILES string of the molecule is CCOC(=O)c1ccc(OCC(=O)NNC(=S)NC(=O)/C=C/c2ccccc2Cl)cc1. The van der Waals surface area contributed by atoms with Crippen molar-refractivity contribution >= 4 is 52.8 Å². The molecule has 0 bridgehead atoms. The summed E-state index contributed by atoms with van der Waals surface area (Å²) < 4.78 is 10.2. The summed E-state index contributed by atoms with van der Waals surface area (Å²) in [4.78, 5) is 35.3.